The van der Waals surface area contributed by atoms with Crippen molar-refractivity contribution in [3.63, 3.8) is 0 Å². The van der Waals surface area contributed by atoms with Gasteiger partial charge in [0.05, 0.1) is 17.9 Å². The fourth-order valence-corrected chi connectivity index (χ4v) is 1.88. The molecular formula is C15H13FN4O. The summed E-state index contributed by atoms with van der Waals surface area (Å²) < 4.78 is 19.2. The fraction of sp³-hybridized carbons (Fsp3) is 0.133. The molecule has 3 rings (SSSR count). The molecule has 0 saturated heterocycles. The van der Waals surface area contributed by atoms with Gasteiger partial charge in [-0.05, 0) is 19.1 Å². The van der Waals surface area contributed by atoms with E-state index in [2.05, 4.69) is 20.3 Å². The van der Waals surface area contributed by atoms with Crippen LogP contribution in [0.5, 0.6) is 11.6 Å². The molecular weight excluding hydrogens is 271 g/mol. The van der Waals surface area contributed by atoms with Gasteiger partial charge in [-0.25, -0.2) is 4.98 Å². The molecule has 106 valence electrons. The Hall–Kier alpha value is -2.76. The van der Waals surface area contributed by atoms with Crippen molar-refractivity contribution in [1.82, 2.24) is 15.0 Å². The number of rotatable bonds is 4. The van der Waals surface area contributed by atoms with E-state index < -0.39 is 5.82 Å². The van der Waals surface area contributed by atoms with Crippen LogP contribution in [-0.2, 0) is 0 Å². The fourth-order valence-electron chi connectivity index (χ4n) is 1.88. The van der Waals surface area contributed by atoms with Crippen LogP contribution in [0.1, 0.15) is 6.92 Å². The molecule has 0 bridgehead atoms. The molecule has 1 aromatic carbocycles. The monoisotopic (exact) mass is 284 g/mol. The molecule has 0 atom stereocenters. The first-order chi connectivity index (χ1) is 10.3. The van der Waals surface area contributed by atoms with Gasteiger partial charge in [-0.3, -0.25) is 4.98 Å². The van der Waals surface area contributed by atoms with Crippen LogP contribution in [0.15, 0.2) is 42.7 Å². The summed E-state index contributed by atoms with van der Waals surface area (Å²) in [6, 6.07) is 9.41. The lowest BCUT2D eigenvalue weighted by Crippen LogP contribution is -2.04. The number of aromatic nitrogens is 3. The van der Waals surface area contributed by atoms with Gasteiger partial charge in [0.25, 0.3) is 5.88 Å². The normalized spacial score (nSPS) is 10.6. The number of para-hydroxylation sites is 1. The van der Waals surface area contributed by atoms with Crippen molar-refractivity contribution in [3.8, 4) is 11.6 Å². The van der Waals surface area contributed by atoms with Gasteiger partial charge >= 0.3 is 0 Å². The van der Waals surface area contributed by atoms with Crippen molar-refractivity contribution in [2.75, 3.05) is 11.9 Å². The predicted octanol–water partition coefficient (Wildman–Crippen LogP) is 3.39. The van der Waals surface area contributed by atoms with E-state index in [-0.39, 0.29) is 5.88 Å². The predicted molar refractivity (Wildman–Crippen MR) is 78.0 cm³/mol. The number of fused-ring (bicyclic) bond motifs is 1. The Morgan fingerprint density at radius 2 is 2.05 bits per heavy atom. The molecule has 0 aliphatic heterocycles. The van der Waals surface area contributed by atoms with Crippen LogP contribution in [-0.4, -0.2) is 21.5 Å². The largest absolute Gasteiger partial charge is 0.435 e. The van der Waals surface area contributed by atoms with E-state index in [1.165, 1.54) is 6.20 Å². The van der Waals surface area contributed by atoms with E-state index in [4.69, 9.17) is 4.74 Å². The third-order valence-corrected chi connectivity index (χ3v) is 2.83. The van der Waals surface area contributed by atoms with Crippen molar-refractivity contribution in [1.29, 1.82) is 0 Å². The van der Waals surface area contributed by atoms with Crippen molar-refractivity contribution in [2.24, 2.45) is 0 Å². The first-order valence-corrected chi connectivity index (χ1v) is 6.55. The number of ether oxygens (including phenoxy) is 1. The number of hydrogen-bond acceptors (Lipinski definition) is 5. The molecule has 21 heavy (non-hydrogen) atoms. The zero-order valence-corrected chi connectivity index (χ0v) is 11.4. The van der Waals surface area contributed by atoms with Gasteiger partial charge in [-0.2, -0.15) is 9.37 Å². The topological polar surface area (TPSA) is 59.9 Å². The third-order valence-electron chi connectivity index (χ3n) is 2.83. The van der Waals surface area contributed by atoms with Crippen LogP contribution in [0.4, 0.5) is 10.3 Å². The second-order valence-electron chi connectivity index (χ2n) is 4.34. The van der Waals surface area contributed by atoms with E-state index in [1.54, 1.807) is 6.07 Å². The SMILES string of the molecule is CCNc1ncc(F)c(Oc2cnc3ccccc3c2)n1. The Balaban J connectivity index is 1.92. The lowest BCUT2D eigenvalue weighted by molar-refractivity contribution is 0.420. The summed E-state index contributed by atoms with van der Waals surface area (Å²) in [5.74, 6) is -0.000704. The van der Waals surface area contributed by atoms with Crippen LogP contribution >= 0.6 is 0 Å². The lowest BCUT2D eigenvalue weighted by Gasteiger charge is -2.08. The van der Waals surface area contributed by atoms with Gasteiger partial charge in [0.2, 0.25) is 11.8 Å². The summed E-state index contributed by atoms with van der Waals surface area (Å²) in [6.07, 6.45) is 2.62. The molecule has 3 aromatic rings. The Morgan fingerprint density at radius 1 is 1.19 bits per heavy atom. The maximum absolute atomic E-state index is 13.7. The zero-order valence-electron chi connectivity index (χ0n) is 11.4. The molecule has 0 saturated carbocycles. The molecule has 0 radical (unpaired) electrons. The highest BCUT2D eigenvalue weighted by Crippen LogP contribution is 2.25. The molecule has 2 aromatic heterocycles. The number of benzene rings is 1. The first kappa shape index (κ1) is 13.2. The van der Waals surface area contributed by atoms with Crippen LogP contribution < -0.4 is 10.1 Å². The number of halogens is 1. The van der Waals surface area contributed by atoms with Gasteiger partial charge in [-0.15, -0.1) is 0 Å². The summed E-state index contributed by atoms with van der Waals surface area (Å²) >= 11 is 0. The Labute approximate surface area is 120 Å². The minimum atomic E-state index is -0.621. The molecule has 0 spiro atoms. The quantitative estimate of drug-likeness (QED) is 0.795. The maximum Gasteiger partial charge on any atom is 0.260 e. The van der Waals surface area contributed by atoms with Crippen molar-refractivity contribution >= 4 is 16.9 Å². The average molecular weight is 284 g/mol. The van der Waals surface area contributed by atoms with E-state index in [9.17, 15) is 4.39 Å². The van der Waals surface area contributed by atoms with Gasteiger partial charge in [0.15, 0.2) is 0 Å². The van der Waals surface area contributed by atoms with Crippen LogP contribution in [0.3, 0.4) is 0 Å². The van der Waals surface area contributed by atoms with Gasteiger partial charge in [0.1, 0.15) is 5.75 Å². The second-order valence-corrected chi connectivity index (χ2v) is 4.34. The molecule has 0 amide bonds. The smallest absolute Gasteiger partial charge is 0.260 e. The van der Waals surface area contributed by atoms with Crippen molar-refractivity contribution < 1.29 is 9.13 Å². The Bertz CT molecular complexity index is 778. The number of nitrogens with zero attached hydrogens (tertiary/aromatic N) is 3. The van der Waals surface area contributed by atoms with Crippen molar-refractivity contribution in [2.45, 2.75) is 6.92 Å². The van der Waals surface area contributed by atoms with E-state index in [0.717, 1.165) is 17.1 Å². The Morgan fingerprint density at radius 3 is 2.90 bits per heavy atom. The lowest BCUT2D eigenvalue weighted by atomic mass is 10.2. The highest BCUT2D eigenvalue weighted by molar-refractivity contribution is 5.79. The standard InChI is InChI=1S/C15H13FN4O/c1-2-17-15-19-9-12(16)14(20-15)21-11-7-10-5-3-4-6-13(10)18-8-11/h3-9H,2H2,1H3,(H,17,19,20). The molecule has 1 N–H and O–H groups in total. The van der Waals surface area contributed by atoms with E-state index >= 15 is 0 Å². The van der Waals surface area contributed by atoms with Gasteiger partial charge < -0.3 is 10.1 Å². The number of nitrogens with one attached hydrogen (secondary N) is 1. The molecule has 6 heteroatoms. The molecule has 2 heterocycles. The number of anilines is 1. The zero-order chi connectivity index (χ0) is 14.7. The summed E-state index contributed by atoms with van der Waals surface area (Å²) in [7, 11) is 0. The maximum atomic E-state index is 13.7. The summed E-state index contributed by atoms with van der Waals surface area (Å²) in [5.41, 5.74) is 0.848. The first-order valence-electron chi connectivity index (χ1n) is 6.55. The Kier molecular flexibility index (Phi) is 3.59. The van der Waals surface area contributed by atoms with Crippen LogP contribution in [0.25, 0.3) is 10.9 Å². The number of hydrogen-bond donors (Lipinski definition) is 1. The molecule has 0 unspecified atom stereocenters. The second kappa shape index (κ2) is 5.70. The van der Waals surface area contributed by atoms with E-state index in [1.807, 2.05) is 31.2 Å². The highest BCUT2D eigenvalue weighted by Gasteiger charge is 2.10. The van der Waals surface area contributed by atoms with Crippen LogP contribution in [0.2, 0.25) is 0 Å². The number of pyridine rings is 1. The average Bonchev–Trinajstić information content (AvgIpc) is 2.51. The molecule has 5 nitrogen and oxygen atoms in total. The van der Waals surface area contributed by atoms with Crippen molar-refractivity contribution in [3.05, 3.63) is 48.5 Å². The summed E-state index contributed by atoms with van der Waals surface area (Å²) in [6.45, 7) is 2.54. The molecule has 0 aliphatic rings. The minimum absolute atomic E-state index is 0.127. The van der Waals surface area contributed by atoms with Crippen LogP contribution in [0, 0.1) is 5.82 Å². The molecule has 0 aliphatic carbocycles. The molecule has 0 fully saturated rings. The third kappa shape index (κ3) is 2.89. The van der Waals surface area contributed by atoms with E-state index in [0.29, 0.717) is 18.2 Å². The van der Waals surface area contributed by atoms with Gasteiger partial charge in [0, 0.05) is 11.9 Å². The summed E-state index contributed by atoms with van der Waals surface area (Å²) in [5, 5.41) is 3.82. The van der Waals surface area contributed by atoms with Gasteiger partial charge in [-0.1, -0.05) is 18.2 Å². The summed E-state index contributed by atoms with van der Waals surface area (Å²) in [4.78, 5) is 12.1. The highest BCUT2D eigenvalue weighted by atomic mass is 19.1. The minimum Gasteiger partial charge on any atom is -0.435 e.